The van der Waals surface area contributed by atoms with E-state index in [4.69, 9.17) is 4.74 Å². The topological polar surface area (TPSA) is 34.0 Å². The van der Waals surface area contributed by atoms with Gasteiger partial charge in [-0.3, -0.25) is 0 Å². The van der Waals surface area contributed by atoms with E-state index in [1.54, 1.807) is 0 Å². The van der Waals surface area contributed by atoms with Crippen molar-refractivity contribution in [2.24, 2.45) is 9.98 Å². The highest BCUT2D eigenvalue weighted by Crippen LogP contribution is 2.08. The fourth-order valence-corrected chi connectivity index (χ4v) is 1.94. The molecule has 1 heterocycles. The van der Waals surface area contributed by atoms with E-state index in [-0.39, 0.29) is 0 Å². The average Bonchev–Trinajstić information content (AvgIpc) is 2.40. The summed E-state index contributed by atoms with van der Waals surface area (Å²) in [6, 6.07) is 12.5. The molecule has 18 heavy (non-hydrogen) atoms. The lowest BCUT2D eigenvalue weighted by molar-refractivity contribution is -0.915. The van der Waals surface area contributed by atoms with Gasteiger partial charge in [0.15, 0.2) is 0 Å². The Labute approximate surface area is 108 Å². The van der Waals surface area contributed by atoms with Crippen molar-refractivity contribution in [1.82, 2.24) is 0 Å². The number of rotatable bonds is 4. The van der Waals surface area contributed by atoms with Crippen LogP contribution in [0.1, 0.15) is 0 Å². The average molecular weight is 246 g/mol. The van der Waals surface area contributed by atoms with Crippen molar-refractivity contribution < 1.29 is 9.22 Å². The molecule has 0 amide bonds. The largest absolute Gasteiger partial charge is 0.370 e. The van der Waals surface area contributed by atoms with Gasteiger partial charge in [-0.15, -0.1) is 0 Å². The van der Waals surface area contributed by atoms with E-state index >= 15 is 0 Å². The van der Waals surface area contributed by atoms with E-state index in [1.807, 2.05) is 30.3 Å². The van der Waals surface area contributed by atoms with Gasteiger partial charge in [0, 0.05) is 0 Å². The third-order valence-electron chi connectivity index (χ3n) is 3.31. The van der Waals surface area contributed by atoms with Gasteiger partial charge < -0.3 is 9.22 Å². The van der Waals surface area contributed by atoms with Gasteiger partial charge in [-0.05, 0) is 12.1 Å². The van der Waals surface area contributed by atoms with Crippen LogP contribution in [0, 0.1) is 0 Å². The summed E-state index contributed by atoms with van der Waals surface area (Å²) in [5.41, 5.74) is 0.896. The van der Waals surface area contributed by atoms with Crippen molar-refractivity contribution in [3.8, 4) is 0 Å². The van der Waals surface area contributed by atoms with Crippen LogP contribution in [-0.4, -0.2) is 56.9 Å². The van der Waals surface area contributed by atoms with E-state index < -0.39 is 0 Å². The quantitative estimate of drug-likeness (QED) is 0.590. The predicted octanol–water partition coefficient (Wildman–Crippen LogP) is 1.97. The molecule has 2 rings (SSSR count). The molecular weight excluding hydrogens is 226 g/mol. The second-order valence-corrected chi connectivity index (χ2v) is 4.83. The normalized spacial score (nSPS) is 17.8. The summed E-state index contributed by atoms with van der Waals surface area (Å²) in [6.07, 6.45) is 0. The van der Waals surface area contributed by atoms with E-state index in [0.717, 1.165) is 49.6 Å². The summed E-state index contributed by atoms with van der Waals surface area (Å²) < 4.78 is 6.41. The number of para-hydroxylation sites is 1. The molecule has 0 spiro atoms. The Kier molecular flexibility index (Phi) is 4.65. The number of morpholine rings is 1. The van der Waals surface area contributed by atoms with Crippen molar-refractivity contribution in [3.05, 3.63) is 30.3 Å². The van der Waals surface area contributed by atoms with Crippen LogP contribution < -0.4 is 0 Å². The number of hydrogen-bond acceptors (Lipinski definition) is 3. The van der Waals surface area contributed by atoms with Crippen LogP contribution in [0.3, 0.4) is 0 Å². The lowest BCUT2D eigenvalue weighted by Crippen LogP contribution is -2.53. The molecular formula is C14H20N3O+. The van der Waals surface area contributed by atoms with Crippen LogP contribution in [-0.2, 0) is 4.74 Å². The fourth-order valence-electron chi connectivity index (χ4n) is 1.94. The number of quaternary nitrogens is 1. The second kappa shape index (κ2) is 6.45. The van der Waals surface area contributed by atoms with Gasteiger partial charge in [0.05, 0.1) is 45.0 Å². The monoisotopic (exact) mass is 246 g/mol. The highest BCUT2D eigenvalue weighted by molar-refractivity contribution is 5.51. The van der Waals surface area contributed by atoms with Crippen molar-refractivity contribution in [2.75, 3.05) is 46.4 Å². The summed E-state index contributed by atoms with van der Waals surface area (Å²) in [5, 5.41) is 0. The first-order valence-corrected chi connectivity index (χ1v) is 6.37. The third kappa shape index (κ3) is 4.08. The third-order valence-corrected chi connectivity index (χ3v) is 3.31. The first-order valence-electron chi connectivity index (χ1n) is 6.37. The minimum absolute atomic E-state index is 0.771. The zero-order chi connectivity index (χ0) is 12.7. The standard InChI is InChI=1S/C14H20N3O/c1-17(9-11-18-12-10-17)8-7-15-13-16-14-5-3-2-4-6-14/h2-6H,7-12H2,1H3/q+1. The van der Waals surface area contributed by atoms with Gasteiger partial charge in [0.1, 0.15) is 13.1 Å². The number of hydrogen-bond donors (Lipinski definition) is 0. The number of ether oxygens (including phenoxy) is 1. The number of aliphatic imine (C=N–C) groups is 2. The molecule has 1 aromatic rings. The molecule has 1 fully saturated rings. The Balaban J connectivity index is 1.79. The fraction of sp³-hybridized carbons (Fsp3) is 0.500. The molecule has 4 nitrogen and oxygen atoms in total. The zero-order valence-electron chi connectivity index (χ0n) is 10.9. The summed E-state index contributed by atoms with van der Waals surface area (Å²) in [6.45, 7) is 5.67. The zero-order valence-corrected chi connectivity index (χ0v) is 10.9. The Morgan fingerprint density at radius 3 is 2.67 bits per heavy atom. The Hall–Kier alpha value is -1.48. The molecule has 1 aliphatic heterocycles. The lowest BCUT2D eigenvalue weighted by Gasteiger charge is -2.36. The van der Waals surface area contributed by atoms with Gasteiger partial charge in [0.2, 0.25) is 0 Å². The van der Waals surface area contributed by atoms with Crippen molar-refractivity contribution >= 4 is 11.7 Å². The van der Waals surface area contributed by atoms with Gasteiger partial charge in [-0.2, -0.15) is 4.99 Å². The van der Waals surface area contributed by atoms with Crippen molar-refractivity contribution in [1.29, 1.82) is 0 Å². The van der Waals surface area contributed by atoms with Crippen LogP contribution in [0.5, 0.6) is 0 Å². The SMILES string of the molecule is C[N+]1(CCN=C=Nc2ccccc2)CCOCC1. The first kappa shape index (κ1) is 13.0. The maximum absolute atomic E-state index is 5.37. The first-order chi connectivity index (χ1) is 8.79. The van der Waals surface area contributed by atoms with Gasteiger partial charge in [0.25, 0.3) is 0 Å². The molecule has 0 saturated carbocycles. The summed E-state index contributed by atoms with van der Waals surface area (Å²) >= 11 is 0. The molecule has 1 aromatic carbocycles. The van der Waals surface area contributed by atoms with E-state index in [0.29, 0.717) is 0 Å². The Bertz CT molecular complexity index is 418. The Morgan fingerprint density at radius 1 is 1.22 bits per heavy atom. The number of nitrogens with zero attached hydrogens (tertiary/aromatic N) is 3. The van der Waals surface area contributed by atoms with Crippen LogP contribution in [0.15, 0.2) is 40.3 Å². The summed E-state index contributed by atoms with van der Waals surface area (Å²) in [7, 11) is 2.26. The number of likely N-dealkylation sites (N-methyl/N-ethyl adjacent to an activating group) is 1. The Morgan fingerprint density at radius 2 is 1.94 bits per heavy atom. The molecule has 0 radical (unpaired) electrons. The van der Waals surface area contributed by atoms with Crippen LogP contribution in [0.2, 0.25) is 0 Å². The molecule has 0 atom stereocenters. The van der Waals surface area contributed by atoms with E-state index in [2.05, 4.69) is 23.0 Å². The molecule has 96 valence electrons. The smallest absolute Gasteiger partial charge is 0.102 e. The van der Waals surface area contributed by atoms with Gasteiger partial charge >= 0.3 is 0 Å². The van der Waals surface area contributed by atoms with Gasteiger partial charge in [-0.25, -0.2) is 4.99 Å². The molecule has 0 bridgehead atoms. The van der Waals surface area contributed by atoms with E-state index in [1.165, 1.54) is 0 Å². The highest BCUT2D eigenvalue weighted by atomic mass is 16.5. The highest BCUT2D eigenvalue weighted by Gasteiger charge is 2.24. The predicted molar refractivity (Wildman–Crippen MR) is 72.4 cm³/mol. The molecule has 4 heteroatoms. The molecule has 0 N–H and O–H groups in total. The maximum atomic E-state index is 5.37. The van der Waals surface area contributed by atoms with Crippen LogP contribution >= 0.6 is 0 Å². The molecule has 1 aliphatic rings. The minimum atomic E-state index is 0.771. The number of benzene rings is 1. The van der Waals surface area contributed by atoms with Gasteiger partial charge in [-0.1, -0.05) is 18.2 Å². The van der Waals surface area contributed by atoms with Crippen molar-refractivity contribution in [2.45, 2.75) is 0 Å². The van der Waals surface area contributed by atoms with Crippen LogP contribution in [0.4, 0.5) is 5.69 Å². The summed E-state index contributed by atoms with van der Waals surface area (Å²) in [5.74, 6) is 0. The van der Waals surface area contributed by atoms with Crippen molar-refractivity contribution in [3.63, 3.8) is 0 Å². The summed E-state index contributed by atoms with van der Waals surface area (Å²) in [4.78, 5) is 8.40. The minimum Gasteiger partial charge on any atom is -0.370 e. The lowest BCUT2D eigenvalue weighted by atomic mass is 10.3. The molecule has 0 unspecified atom stereocenters. The van der Waals surface area contributed by atoms with Crippen LogP contribution in [0.25, 0.3) is 0 Å². The second-order valence-electron chi connectivity index (χ2n) is 4.83. The molecule has 1 saturated heterocycles. The molecule has 0 aliphatic carbocycles. The molecule has 0 aromatic heterocycles. The van der Waals surface area contributed by atoms with E-state index in [9.17, 15) is 0 Å². The maximum Gasteiger partial charge on any atom is 0.102 e.